The van der Waals surface area contributed by atoms with Crippen molar-refractivity contribution in [2.45, 2.75) is 49.4 Å². The van der Waals surface area contributed by atoms with Crippen LogP contribution in [0.5, 0.6) is 0 Å². The molecule has 1 saturated heterocycles. The Kier molecular flexibility index (Phi) is 6.58. The predicted molar refractivity (Wildman–Crippen MR) is 92.0 cm³/mol. The summed E-state index contributed by atoms with van der Waals surface area (Å²) in [6, 6.07) is 2.66. The molecule has 0 spiro atoms. The summed E-state index contributed by atoms with van der Waals surface area (Å²) >= 11 is 1.15. The van der Waals surface area contributed by atoms with Gasteiger partial charge in [0.15, 0.2) is 0 Å². The number of hydrogen-bond acceptors (Lipinski definition) is 5. The molecule has 1 aromatic rings. The molecule has 1 atom stereocenters. The van der Waals surface area contributed by atoms with E-state index in [1.165, 1.54) is 0 Å². The molecule has 130 valence electrons. The van der Waals surface area contributed by atoms with Gasteiger partial charge < -0.3 is 10.2 Å². The molecule has 2 heterocycles. The highest BCUT2D eigenvalue weighted by Gasteiger charge is 2.30. The molecule has 1 fully saturated rings. The SMILES string of the molecule is CCCN(C(=O)C(C)NS(=O)(=O)c1cccs1)C1CCNCC1. The maximum Gasteiger partial charge on any atom is 0.250 e. The molecule has 1 aliphatic rings. The van der Waals surface area contributed by atoms with Crippen LogP contribution in [0.2, 0.25) is 0 Å². The van der Waals surface area contributed by atoms with E-state index in [9.17, 15) is 13.2 Å². The van der Waals surface area contributed by atoms with Crippen molar-refractivity contribution < 1.29 is 13.2 Å². The minimum atomic E-state index is -3.63. The van der Waals surface area contributed by atoms with E-state index >= 15 is 0 Å². The monoisotopic (exact) mass is 359 g/mol. The van der Waals surface area contributed by atoms with Crippen molar-refractivity contribution in [3.8, 4) is 0 Å². The van der Waals surface area contributed by atoms with Crippen LogP contribution < -0.4 is 10.0 Å². The van der Waals surface area contributed by atoms with Crippen LogP contribution in [0.4, 0.5) is 0 Å². The van der Waals surface area contributed by atoms with Crippen molar-refractivity contribution in [2.75, 3.05) is 19.6 Å². The third-order valence-electron chi connectivity index (χ3n) is 3.96. The fourth-order valence-electron chi connectivity index (χ4n) is 2.84. The molecule has 23 heavy (non-hydrogen) atoms. The molecule has 0 aliphatic carbocycles. The molecule has 6 nitrogen and oxygen atoms in total. The van der Waals surface area contributed by atoms with Crippen LogP contribution in [0.15, 0.2) is 21.7 Å². The van der Waals surface area contributed by atoms with Gasteiger partial charge in [-0.3, -0.25) is 4.79 Å². The normalized spacial score (nSPS) is 17.8. The van der Waals surface area contributed by atoms with Gasteiger partial charge in [0, 0.05) is 12.6 Å². The Morgan fingerprint density at radius 1 is 1.48 bits per heavy atom. The summed E-state index contributed by atoms with van der Waals surface area (Å²) in [4.78, 5) is 14.6. The van der Waals surface area contributed by atoms with E-state index in [-0.39, 0.29) is 16.2 Å². The largest absolute Gasteiger partial charge is 0.338 e. The number of thiophene rings is 1. The topological polar surface area (TPSA) is 78.5 Å². The number of amides is 1. The molecule has 8 heteroatoms. The Balaban J connectivity index is 2.06. The first-order valence-electron chi connectivity index (χ1n) is 8.02. The van der Waals surface area contributed by atoms with Crippen LogP contribution in [-0.4, -0.2) is 50.9 Å². The predicted octanol–water partition coefficient (Wildman–Crippen LogP) is 1.41. The molecule has 1 unspecified atom stereocenters. The van der Waals surface area contributed by atoms with Crippen LogP contribution in [0.3, 0.4) is 0 Å². The summed E-state index contributed by atoms with van der Waals surface area (Å²) in [5, 5.41) is 5.00. The summed E-state index contributed by atoms with van der Waals surface area (Å²) in [5.74, 6) is -0.140. The smallest absolute Gasteiger partial charge is 0.250 e. The van der Waals surface area contributed by atoms with Crippen LogP contribution in [0.1, 0.15) is 33.1 Å². The summed E-state index contributed by atoms with van der Waals surface area (Å²) in [6.45, 7) is 6.11. The van der Waals surface area contributed by atoms with Crippen molar-refractivity contribution >= 4 is 27.3 Å². The number of sulfonamides is 1. The minimum Gasteiger partial charge on any atom is -0.338 e. The van der Waals surface area contributed by atoms with Crippen molar-refractivity contribution in [3.63, 3.8) is 0 Å². The van der Waals surface area contributed by atoms with Gasteiger partial charge in [-0.25, -0.2) is 8.42 Å². The van der Waals surface area contributed by atoms with Crippen molar-refractivity contribution in [2.24, 2.45) is 0 Å². The first-order chi connectivity index (χ1) is 11.0. The molecular formula is C15H25N3O3S2. The number of carbonyl (C=O) groups excluding carboxylic acids is 1. The summed E-state index contributed by atoms with van der Waals surface area (Å²) < 4.78 is 27.3. The van der Waals surface area contributed by atoms with Crippen LogP contribution in [0.25, 0.3) is 0 Å². The molecule has 1 aliphatic heterocycles. The first kappa shape index (κ1) is 18.4. The van der Waals surface area contributed by atoms with Crippen molar-refractivity contribution in [3.05, 3.63) is 17.5 Å². The maximum atomic E-state index is 12.8. The third-order valence-corrected chi connectivity index (χ3v) is 6.90. The molecule has 0 bridgehead atoms. The van der Waals surface area contributed by atoms with Gasteiger partial charge in [0.05, 0.1) is 6.04 Å². The molecule has 0 aromatic carbocycles. The lowest BCUT2D eigenvalue weighted by atomic mass is 10.0. The Morgan fingerprint density at radius 2 is 2.17 bits per heavy atom. The highest BCUT2D eigenvalue weighted by atomic mass is 32.2. The van der Waals surface area contributed by atoms with E-state index < -0.39 is 16.1 Å². The van der Waals surface area contributed by atoms with Crippen LogP contribution in [0, 0.1) is 0 Å². The molecule has 2 rings (SSSR count). The molecule has 0 radical (unpaired) electrons. The van der Waals surface area contributed by atoms with Gasteiger partial charge in [-0.1, -0.05) is 13.0 Å². The summed E-state index contributed by atoms with van der Waals surface area (Å²) in [7, 11) is -3.63. The Labute approximate surface area is 142 Å². The van der Waals surface area contributed by atoms with E-state index in [1.54, 1.807) is 24.4 Å². The van der Waals surface area contributed by atoms with Gasteiger partial charge in [-0.2, -0.15) is 4.72 Å². The van der Waals surface area contributed by atoms with E-state index in [0.29, 0.717) is 6.54 Å². The summed E-state index contributed by atoms with van der Waals surface area (Å²) in [5.41, 5.74) is 0. The van der Waals surface area contributed by atoms with Gasteiger partial charge >= 0.3 is 0 Å². The fourth-order valence-corrected chi connectivity index (χ4v) is 5.04. The number of carbonyl (C=O) groups is 1. The van der Waals surface area contributed by atoms with E-state index in [0.717, 1.165) is 43.7 Å². The standard InChI is InChI=1S/C15H25N3O3S2/c1-3-10-18(13-6-8-16-9-7-13)15(19)12(2)17-23(20,21)14-5-4-11-22-14/h4-5,11-13,16-17H,3,6-10H2,1-2H3. The number of hydrogen-bond donors (Lipinski definition) is 2. The zero-order chi connectivity index (χ0) is 16.9. The lowest BCUT2D eigenvalue weighted by molar-refractivity contribution is -0.135. The number of nitrogens with one attached hydrogen (secondary N) is 2. The van der Waals surface area contributed by atoms with Gasteiger partial charge in [-0.15, -0.1) is 11.3 Å². The summed E-state index contributed by atoms with van der Waals surface area (Å²) in [6.07, 6.45) is 2.69. The average molecular weight is 360 g/mol. The fraction of sp³-hybridized carbons (Fsp3) is 0.667. The highest BCUT2D eigenvalue weighted by Crippen LogP contribution is 2.18. The molecule has 1 amide bonds. The molecular weight excluding hydrogens is 334 g/mol. The Hall–Kier alpha value is -0.960. The number of nitrogens with zero attached hydrogens (tertiary/aromatic N) is 1. The quantitative estimate of drug-likeness (QED) is 0.771. The van der Waals surface area contributed by atoms with Crippen molar-refractivity contribution in [1.82, 2.24) is 14.9 Å². The first-order valence-corrected chi connectivity index (χ1v) is 10.4. The van der Waals surface area contributed by atoms with Gasteiger partial charge in [0.2, 0.25) is 5.91 Å². The maximum absolute atomic E-state index is 12.8. The highest BCUT2D eigenvalue weighted by molar-refractivity contribution is 7.91. The van der Waals surface area contributed by atoms with Crippen molar-refractivity contribution in [1.29, 1.82) is 0 Å². The second kappa shape index (κ2) is 8.23. The van der Waals surface area contributed by atoms with Crippen LogP contribution >= 0.6 is 11.3 Å². The number of rotatable bonds is 7. The average Bonchev–Trinajstić information content (AvgIpc) is 3.08. The van der Waals surface area contributed by atoms with Crippen LogP contribution in [-0.2, 0) is 14.8 Å². The lowest BCUT2D eigenvalue weighted by Gasteiger charge is -2.36. The van der Waals surface area contributed by atoms with Gasteiger partial charge in [0.25, 0.3) is 10.0 Å². The number of piperidine rings is 1. The zero-order valence-electron chi connectivity index (χ0n) is 13.6. The van der Waals surface area contributed by atoms with E-state index in [2.05, 4.69) is 10.0 Å². The molecule has 2 N–H and O–H groups in total. The van der Waals surface area contributed by atoms with E-state index in [4.69, 9.17) is 0 Å². The zero-order valence-corrected chi connectivity index (χ0v) is 15.3. The molecule has 1 aromatic heterocycles. The second-order valence-corrected chi connectivity index (χ2v) is 8.68. The van der Waals surface area contributed by atoms with E-state index in [1.807, 2.05) is 11.8 Å². The lowest BCUT2D eigenvalue weighted by Crippen LogP contribution is -2.53. The Morgan fingerprint density at radius 3 is 2.74 bits per heavy atom. The van der Waals surface area contributed by atoms with Gasteiger partial charge in [-0.05, 0) is 50.7 Å². The Bertz CT molecular complexity index is 595. The molecule has 0 saturated carbocycles. The second-order valence-electron chi connectivity index (χ2n) is 5.79. The minimum absolute atomic E-state index is 0.140. The van der Waals surface area contributed by atoms with Gasteiger partial charge in [0.1, 0.15) is 4.21 Å². The third kappa shape index (κ3) is 4.76.